The van der Waals surface area contributed by atoms with E-state index in [4.69, 9.17) is 10.8 Å². The molecule has 0 spiro atoms. The molecule has 2 unspecified atom stereocenters. The van der Waals surface area contributed by atoms with Crippen LogP contribution in [0.25, 0.3) is 0 Å². The van der Waals surface area contributed by atoms with E-state index in [1.165, 1.54) is 0 Å². The molecule has 1 rings (SSSR count). The average molecular weight is 225 g/mol. The number of halogens is 3. The summed E-state index contributed by atoms with van der Waals surface area (Å²) in [4.78, 5) is 0. The molecule has 0 aromatic rings. The Morgan fingerprint density at radius 2 is 2.00 bits per heavy atom. The van der Waals surface area contributed by atoms with Crippen molar-refractivity contribution in [1.29, 1.82) is 0 Å². The first kappa shape index (κ1) is 12.8. The SMILES string of the molecule is CC1(CCCC(F)(F)F)CC1(CN)CO. The van der Waals surface area contributed by atoms with Gasteiger partial charge in [-0.1, -0.05) is 6.92 Å². The number of alkyl halides is 3. The maximum atomic E-state index is 11.9. The lowest BCUT2D eigenvalue weighted by Gasteiger charge is -2.19. The van der Waals surface area contributed by atoms with Crippen LogP contribution in [0.5, 0.6) is 0 Å². The Hall–Kier alpha value is -0.290. The Bertz CT molecular complexity index is 225. The van der Waals surface area contributed by atoms with Crippen molar-refractivity contribution in [2.75, 3.05) is 13.2 Å². The molecular weight excluding hydrogens is 207 g/mol. The minimum Gasteiger partial charge on any atom is -0.396 e. The lowest BCUT2D eigenvalue weighted by atomic mass is 9.90. The second kappa shape index (κ2) is 3.94. The van der Waals surface area contributed by atoms with Crippen molar-refractivity contribution in [3.8, 4) is 0 Å². The van der Waals surface area contributed by atoms with Gasteiger partial charge in [0, 0.05) is 18.4 Å². The lowest BCUT2D eigenvalue weighted by Crippen LogP contribution is -2.26. The Balaban J connectivity index is 2.35. The van der Waals surface area contributed by atoms with Gasteiger partial charge in [0.2, 0.25) is 0 Å². The highest BCUT2D eigenvalue weighted by Crippen LogP contribution is 2.65. The van der Waals surface area contributed by atoms with E-state index in [0.717, 1.165) is 6.42 Å². The monoisotopic (exact) mass is 225 g/mol. The van der Waals surface area contributed by atoms with E-state index in [1.54, 1.807) is 0 Å². The number of nitrogens with two attached hydrogens (primary N) is 1. The summed E-state index contributed by atoms with van der Waals surface area (Å²) in [6.45, 7) is 2.24. The predicted molar refractivity (Wildman–Crippen MR) is 51.2 cm³/mol. The maximum absolute atomic E-state index is 11.9. The van der Waals surface area contributed by atoms with Crippen LogP contribution in [-0.4, -0.2) is 24.4 Å². The topological polar surface area (TPSA) is 46.2 Å². The molecule has 2 nitrogen and oxygen atoms in total. The highest BCUT2D eigenvalue weighted by atomic mass is 19.4. The van der Waals surface area contributed by atoms with Crippen LogP contribution in [0.2, 0.25) is 0 Å². The van der Waals surface area contributed by atoms with Crippen molar-refractivity contribution in [3.63, 3.8) is 0 Å². The predicted octanol–water partition coefficient (Wildman–Crippen LogP) is 2.07. The quantitative estimate of drug-likeness (QED) is 0.752. The largest absolute Gasteiger partial charge is 0.396 e. The van der Waals surface area contributed by atoms with E-state index in [9.17, 15) is 13.2 Å². The van der Waals surface area contributed by atoms with Gasteiger partial charge in [-0.25, -0.2) is 0 Å². The van der Waals surface area contributed by atoms with Crippen LogP contribution < -0.4 is 5.73 Å². The van der Waals surface area contributed by atoms with Crippen molar-refractivity contribution < 1.29 is 18.3 Å². The van der Waals surface area contributed by atoms with Crippen molar-refractivity contribution in [2.45, 2.75) is 38.8 Å². The van der Waals surface area contributed by atoms with Gasteiger partial charge in [0.1, 0.15) is 0 Å². The number of aliphatic hydroxyl groups is 1. The van der Waals surface area contributed by atoms with Crippen LogP contribution in [0, 0.1) is 10.8 Å². The van der Waals surface area contributed by atoms with Gasteiger partial charge in [-0.05, 0) is 24.7 Å². The highest BCUT2D eigenvalue weighted by Gasteiger charge is 2.62. The second-order valence-corrected chi connectivity index (χ2v) is 4.85. The van der Waals surface area contributed by atoms with Gasteiger partial charge in [0.05, 0.1) is 6.61 Å². The molecular formula is C10H18F3NO. The van der Waals surface area contributed by atoms with Gasteiger partial charge in [-0.3, -0.25) is 0 Å². The van der Waals surface area contributed by atoms with Crippen LogP contribution in [0.15, 0.2) is 0 Å². The standard InChI is InChI=1S/C10H18F3NO/c1-8(3-2-4-10(11,12)13)5-9(8,6-14)7-15/h15H,2-7,14H2,1H3. The summed E-state index contributed by atoms with van der Waals surface area (Å²) in [6.07, 6.45) is -3.46. The molecule has 5 heteroatoms. The fourth-order valence-electron chi connectivity index (χ4n) is 2.37. The zero-order chi connectivity index (χ0) is 11.7. The molecule has 0 heterocycles. The fraction of sp³-hybridized carbons (Fsp3) is 1.00. The first-order chi connectivity index (χ1) is 6.79. The van der Waals surface area contributed by atoms with E-state index in [0.29, 0.717) is 13.0 Å². The zero-order valence-corrected chi connectivity index (χ0v) is 8.90. The van der Waals surface area contributed by atoms with Gasteiger partial charge in [0.25, 0.3) is 0 Å². The summed E-state index contributed by atoms with van der Waals surface area (Å²) in [5, 5.41) is 9.15. The molecule has 3 N–H and O–H groups in total. The Labute approximate surface area is 87.6 Å². The first-order valence-corrected chi connectivity index (χ1v) is 5.16. The summed E-state index contributed by atoms with van der Waals surface area (Å²) < 4.78 is 35.8. The molecule has 1 aliphatic rings. The number of rotatable bonds is 5. The third kappa shape index (κ3) is 2.64. The average Bonchev–Trinajstić information content (AvgIpc) is 2.70. The molecule has 1 fully saturated rings. The highest BCUT2D eigenvalue weighted by molar-refractivity contribution is 5.12. The van der Waals surface area contributed by atoms with Crippen LogP contribution in [0.3, 0.4) is 0 Å². The molecule has 1 saturated carbocycles. The summed E-state index contributed by atoms with van der Waals surface area (Å²) in [6, 6.07) is 0. The normalized spacial score (nSPS) is 35.6. The Morgan fingerprint density at radius 1 is 1.40 bits per heavy atom. The summed E-state index contributed by atoms with van der Waals surface area (Å²) in [5.41, 5.74) is 5.02. The molecule has 1 aliphatic carbocycles. The van der Waals surface area contributed by atoms with Gasteiger partial charge >= 0.3 is 6.18 Å². The number of aliphatic hydroxyl groups excluding tert-OH is 1. The molecule has 0 radical (unpaired) electrons. The molecule has 0 aromatic carbocycles. The van der Waals surface area contributed by atoms with Crippen molar-refractivity contribution in [2.24, 2.45) is 16.6 Å². The third-order valence-corrected chi connectivity index (χ3v) is 3.77. The van der Waals surface area contributed by atoms with Crippen molar-refractivity contribution in [3.05, 3.63) is 0 Å². The number of hydrogen-bond donors (Lipinski definition) is 2. The molecule has 0 saturated heterocycles. The van der Waals surface area contributed by atoms with E-state index in [-0.39, 0.29) is 23.9 Å². The molecule has 0 aromatic heterocycles. The minimum absolute atomic E-state index is 0.0218. The van der Waals surface area contributed by atoms with Crippen LogP contribution in [-0.2, 0) is 0 Å². The second-order valence-electron chi connectivity index (χ2n) is 4.85. The molecule has 0 amide bonds. The molecule has 0 aliphatic heterocycles. The van der Waals surface area contributed by atoms with Crippen LogP contribution in [0.4, 0.5) is 13.2 Å². The molecule has 2 atom stereocenters. The van der Waals surface area contributed by atoms with Gasteiger partial charge < -0.3 is 10.8 Å². The van der Waals surface area contributed by atoms with Crippen molar-refractivity contribution >= 4 is 0 Å². The van der Waals surface area contributed by atoms with E-state index < -0.39 is 12.6 Å². The van der Waals surface area contributed by atoms with Crippen molar-refractivity contribution in [1.82, 2.24) is 0 Å². The Morgan fingerprint density at radius 3 is 2.33 bits per heavy atom. The maximum Gasteiger partial charge on any atom is 0.389 e. The molecule has 0 bridgehead atoms. The van der Waals surface area contributed by atoms with E-state index in [2.05, 4.69) is 0 Å². The van der Waals surface area contributed by atoms with Crippen LogP contribution in [0.1, 0.15) is 32.6 Å². The van der Waals surface area contributed by atoms with Gasteiger partial charge in [0.15, 0.2) is 0 Å². The summed E-state index contributed by atoms with van der Waals surface area (Å²) >= 11 is 0. The minimum atomic E-state index is -4.07. The van der Waals surface area contributed by atoms with E-state index in [1.807, 2.05) is 6.92 Å². The lowest BCUT2D eigenvalue weighted by molar-refractivity contribution is -0.136. The zero-order valence-electron chi connectivity index (χ0n) is 8.90. The third-order valence-electron chi connectivity index (χ3n) is 3.77. The van der Waals surface area contributed by atoms with Gasteiger partial charge in [-0.2, -0.15) is 13.2 Å². The molecule has 15 heavy (non-hydrogen) atoms. The number of hydrogen-bond acceptors (Lipinski definition) is 2. The fourth-order valence-corrected chi connectivity index (χ4v) is 2.37. The summed E-state index contributed by atoms with van der Waals surface area (Å²) in [5.74, 6) is 0. The first-order valence-electron chi connectivity index (χ1n) is 5.16. The Kier molecular flexibility index (Phi) is 3.36. The van der Waals surface area contributed by atoms with E-state index >= 15 is 0 Å². The van der Waals surface area contributed by atoms with Gasteiger partial charge in [-0.15, -0.1) is 0 Å². The van der Waals surface area contributed by atoms with Crippen LogP contribution >= 0.6 is 0 Å². The smallest absolute Gasteiger partial charge is 0.389 e. The molecule has 90 valence electrons. The summed E-state index contributed by atoms with van der Waals surface area (Å²) in [7, 11) is 0.